The van der Waals surface area contributed by atoms with Crippen LogP contribution < -0.4 is 9.80 Å². The van der Waals surface area contributed by atoms with E-state index in [1.165, 1.54) is 0 Å². The van der Waals surface area contributed by atoms with Gasteiger partial charge in [-0.15, -0.1) is 0 Å². The van der Waals surface area contributed by atoms with Gasteiger partial charge >= 0.3 is 0 Å². The number of ether oxygens (including phenoxy) is 3. The molecular weight excluding hydrogens is 222 g/mol. The van der Waals surface area contributed by atoms with Crippen LogP contribution in [0.1, 0.15) is 0 Å². The Morgan fingerprint density at radius 2 is 1.71 bits per heavy atom. The van der Waals surface area contributed by atoms with Crippen molar-refractivity contribution in [1.82, 2.24) is 0 Å². The van der Waals surface area contributed by atoms with Crippen molar-refractivity contribution in [1.29, 1.82) is 0 Å². The normalized spacial score (nSPS) is 18.1. The van der Waals surface area contributed by atoms with Gasteiger partial charge in [0.15, 0.2) is 0 Å². The second-order valence-corrected chi connectivity index (χ2v) is 3.56. The fourth-order valence-corrected chi connectivity index (χ4v) is 1.51. The van der Waals surface area contributed by atoms with Crippen LogP contribution in [0.5, 0.6) is 5.75 Å². The maximum atomic E-state index is 5.57. The summed E-state index contributed by atoms with van der Waals surface area (Å²) in [6, 6.07) is 7.64. The van der Waals surface area contributed by atoms with E-state index in [1.807, 2.05) is 24.3 Å². The average molecular weight is 239 g/mol. The summed E-state index contributed by atoms with van der Waals surface area (Å²) in [5, 5.41) is 1.72. The molecule has 0 aliphatic carbocycles. The van der Waals surface area contributed by atoms with E-state index < -0.39 is 0 Å². The zero-order valence-corrected chi connectivity index (χ0v) is 9.93. The molecule has 94 valence electrons. The average Bonchev–Trinajstić information content (AvgIpc) is 2.52. The number of hydrogen-bond acceptors (Lipinski definition) is 5. The Hall–Kier alpha value is -1.30. The highest BCUT2D eigenvalue weighted by Crippen LogP contribution is 2.19. The first-order valence-electron chi connectivity index (χ1n) is 5.60. The van der Waals surface area contributed by atoms with Crippen molar-refractivity contribution >= 4 is 5.69 Å². The minimum Gasteiger partial charge on any atom is -0.497 e. The summed E-state index contributed by atoms with van der Waals surface area (Å²) in [6.45, 7) is 2.69. The Bertz CT molecular complexity index is 318. The second-order valence-electron chi connectivity index (χ2n) is 3.56. The molecule has 2 rings (SSSR count). The lowest BCUT2D eigenvalue weighted by Gasteiger charge is -2.22. The van der Waals surface area contributed by atoms with Gasteiger partial charge in [-0.1, -0.05) is 0 Å². The van der Waals surface area contributed by atoms with E-state index in [4.69, 9.17) is 19.0 Å². The van der Waals surface area contributed by atoms with E-state index in [9.17, 15) is 0 Å². The third-order valence-corrected chi connectivity index (χ3v) is 2.42. The molecular formula is C12H17NO4. The molecule has 5 nitrogen and oxygen atoms in total. The molecule has 1 aromatic rings. The molecule has 17 heavy (non-hydrogen) atoms. The molecule has 0 unspecified atom stereocenters. The Labute approximate surface area is 101 Å². The van der Waals surface area contributed by atoms with Crippen molar-refractivity contribution in [3.63, 3.8) is 0 Å². The Kier molecular flexibility index (Phi) is 4.61. The first-order valence-corrected chi connectivity index (χ1v) is 5.60. The summed E-state index contributed by atoms with van der Waals surface area (Å²) < 4.78 is 15.8. The lowest BCUT2D eigenvalue weighted by Crippen LogP contribution is -2.27. The van der Waals surface area contributed by atoms with Gasteiger partial charge in [0.25, 0.3) is 0 Å². The first kappa shape index (κ1) is 12.2. The van der Waals surface area contributed by atoms with Gasteiger partial charge in [0.1, 0.15) is 12.5 Å². The summed E-state index contributed by atoms with van der Waals surface area (Å²) in [5.74, 6) is 0.822. The van der Waals surface area contributed by atoms with Crippen LogP contribution in [0.2, 0.25) is 0 Å². The zero-order chi connectivity index (χ0) is 11.9. The molecule has 0 amide bonds. The fraction of sp³-hybridized carbons (Fsp3) is 0.500. The molecule has 5 heteroatoms. The van der Waals surface area contributed by atoms with E-state index in [1.54, 1.807) is 12.2 Å². The molecule has 1 aliphatic heterocycles. The molecule has 0 radical (unpaired) electrons. The fourth-order valence-electron chi connectivity index (χ4n) is 1.51. The van der Waals surface area contributed by atoms with Crippen LogP contribution in [0.4, 0.5) is 5.69 Å². The third kappa shape index (κ3) is 3.59. The van der Waals surface area contributed by atoms with E-state index >= 15 is 0 Å². The third-order valence-electron chi connectivity index (χ3n) is 2.42. The van der Waals surface area contributed by atoms with Crippen LogP contribution in [0.15, 0.2) is 24.3 Å². The van der Waals surface area contributed by atoms with Gasteiger partial charge in [0, 0.05) is 0 Å². The van der Waals surface area contributed by atoms with E-state index in [2.05, 4.69) is 0 Å². The van der Waals surface area contributed by atoms with Gasteiger partial charge in [0.2, 0.25) is 0 Å². The minimum absolute atomic E-state index is 0.399. The van der Waals surface area contributed by atoms with Crippen LogP contribution in [-0.4, -0.2) is 40.3 Å². The lowest BCUT2D eigenvalue weighted by atomic mass is 10.3. The molecule has 1 aromatic carbocycles. The first-order chi connectivity index (χ1) is 8.40. The number of methoxy groups -OCH3 is 1. The SMILES string of the molecule is COc1ccc(N2COCCOCCO2)cc1. The summed E-state index contributed by atoms with van der Waals surface area (Å²) in [6.07, 6.45) is 0. The van der Waals surface area contributed by atoms with Crippen molar-refractivity contribution in [3.05, 3.63) is 24.3 Å². The quantitative estimate of drug-likeness (QED) is 0.781. The van der Waals surface area contributed by atoms with Crippen molar-refractivity contribution in [2.24, 2.45) is 0 Å². The lowest BCUT2D eigenvalue weighted by molar-refractivity contribution is 0.0355. The van der Waals surface area contributed by atoms with Gasteiger partial charge in [0.05, 0.1) is 39.2 Å². The highest BCUT2D eigenvalue weighted by atomic mass is 16.7. The molecule has 1 fully saturated rings. The summed E-state index contributed by atoms with van der Waals surface area (Å²) in [5.41, 5.74) is 0.938. The van der Waals surface area contributed by atoms with Crippen LogP contribution in [-0.2, 0) is 14.3 Å². The second kappa shape index (κ2) is 6.44. The maximum absolute atomic E-state index is 5.57. The van der Waals surface area contributed by atoms with Gasteiger partial charge < -0.3 is 14.2 Å². The molecule has 1 saturated heterocycles. The maximum Gasteiger partial charge on any atom is 0.143 e. The largest absolute Gasteiger partial charge is 0.497 e. The summed E-state index contributed by atoms with van der Waals surface area (Å²) in [4.78, 5) is 5.57. The van der Waals surface area contributed by atoms with Crippen LogP contribution in [0, 0.1) is 0 Å². The highest BCUT2D eigenvalue weighted by Gasteiger charge is 2.09. The minimum atomic E-state index is 0.399. The van der Waals surface area contributed by atoms with Gasteiger partial charge in [-0.3, -0.25) is 4.84 Å². The molecule has 0 aromatic heterocycles. The van der Waals surface area contributed by atoms with Crippen LogP contribution in [0.25, 0.3) is 0 Å². The molecule has 0 atom stereocenters. The smallest absolute Gasteiger partial charge is 0.143 e. The van der Waals surface area contributed by atoms with E-state index in [0.717, 1.165) is 11.4 Å². The monoisotopic (exact) mass is 239 g/mol. The number of hydrogen-bond donors (Lipinski definition) is 0. The molecule has 1 heterocycles. The molecule has 0 saturated carbocycles. The predicted molar refractivity (Wildman–Crippen MR) is 63.1 cm³/mol. The Balaban J connectivity index is 2.01. The molecule has 1 aliphatic rings. The van der Waals surface area contributed by atoms with Gasteiger partial charge in [-0.25, -0.2) is 5.06 Å². The Morgan fingerprint density at radius 1 is 1.00 bits per heavy atom. The van der Waals surface area contributed by atoms with Crippen molar-refractivity contribution in [2.45, 2.75) is 0 Å². The molecule has 0 bridgehead atoms. The predicted octanol–water partition coefficient (Wildman–Crippen LogP) is 1.44. The van der Waals surface area contributed by atoms with Crippen molar-refractivity contribution in [2.75, 3.05) is 45.3 Å². The number of anilines is 1. The van der Waals surface area contributed by atoms with Gasteiger partial charge in [-0.05, 0) is 24.3 Å². The zero-order valence-electron chi connectivity index (χ0n) is 9.93. The number of nitrogens with zero attached hydrogens (tertiary/aromatic N) is 1. The summed E-state index contributed by atoms with van der Waals surface area (Å²) >= 11 is 0. The highest BCUT2D eigenvalue weighted by molar-refractivity contribution is 5.46. The van der Waals surface area contributed by atoms with E-state index in [-0.39, 0.29) is 0 Å². The molecule has 0 N–H and O–H groups in total. The van der Waals surface area contributed by atoms with Crippen LogP contribution >= 0.6 is 0 Å². The van der Waals surface area contributed by atoms with Crippen LogP contribution in [0.3, 0.4) is 0 Å². The Morgan fingerprint density at radius 3 is 2.47 bits per heavy atom. The van der Waals surface area contributed by atoms with Crippen molar-refractivity contribution in [3.8, 4) is 5.75 Å². The standard InChI is InChI=1S/C12H17NO4/c1-14-12-4-2-11(3-5-12)13-10-16-7-6-15-8-9-17-13/h2-5H,6-10H2,1H3. The van der Waals surface area contributed by atoms with Gasteiger partial charge in [-0.2, -0.15) is 0 Å². The molecule has 0 spiro atoms. The number of hydroxylamine groups is 1. The number of rotatable bonds is 2. The topological polar surface area (TPSA) is 40.2 Å². The summed E-state index contributed by atoms with van der Waals surface area (Å²) in [7, 11) is 1.65. The van der Waals surface area contributed by atoms with Crippen molar-refractivity contribution < 1.29 is 19.0 Å². The number of benzene rings is 1. The van der Waals surface area contributed by atoms with E-state index in [0.29, 0.717) is 33.2 Å².